The second kappa shape index (κ2) is 12.7. The first kappa shape index (κ1) is 30.5. The van der Waals surface area contributed by atoms with Gasteiger partial charge in [-0.2, -0.15) is 0 Å². The van der Waals surface area contributed by atoms with E-state index >= 15 is 0 Å². The molecule has 0 radical (unpaired) electrons. The molecule has 2 fully saturated rings. The molecule has 0 aromatic carbocycles. The molecule has 11 nitrogen and oxygen atoms in total. The second-order valence-corrected chi connectivity index (χ2v) is 11.4. The molecule has 210 valence electrons. The van der Waals surface area contributed by atoms with E-state index in [1.54, 1.807) is 7.05 Å². The zero-order valence-corrected chi connectivity index (χ0v) is 23.3. The third kappa shape index (κ3) is 6.80. The number of amides is 4. The molecule has 2 heterocycles. The number of carbonyl (C=O) groups is 5. The normalized spacial score (nSPS) is 22.4. The van der Waals surface area contributed by atoms with Gasteiger partial charge < -0.3 is 30.9 Å². The molecule has 0 aliphatic carbocycles. The largest absolute Gasteiger partial charge is 0.480 e. The second-order valence-electron chi connectivity index (χ2n) is 11.4. The molecule has 0 spiro atoms. The summed E-state index contributed by atoms with van der Waals surface area (Å²) < 4.78 is 0. The summed E-state index contributed by atoms with van der Waals surface area (Å²) in [6.45, 7) is 11.7. The van der Waals surface area contributed by atoms with Crippen molar-refractivity contribution in [3.8, 4) is 0 Å². The van der Waals surface area contributed by atoms with Crippen molar-refractivity contribution in [2.75, 3.05) is 20.1 Å². The first-order valence-corrected chi connectivity index (χ1v) is 13.4. The summed E-state index contributed by atoms with van der Waals surface area (Å²) in [5, 5.41) is 12.3. The fourth-order valence-corrected chi connectivity index (χ4v) is 5.26. The molecular formula is C26H45N5O6. The van der Waals surface area contributed by atoms with Crippen LogP contribution in [-0.2, 0) is 24.0 Å². The van der Waals surface area contributed by atoms with Crippen LogP contribution in [0.2, 0.25) is 0 Å². The molecule has 2 aliphatic heterocycles. The number of nitrogens with two attached hydrogens (primary N) is 1. The van der Waals surface area contributed by atoms with E-state index in [0.29, 0.717) is 38.8 Å². The van der Waals surface area contributed by atoms with Gasteiger partial charge in [-0.05, 0) is 43.4 Å². The van der Waals surface area contributed by atoms with E-state index in [2.05, 4.69) is 5.32 Å². The van der Waals surface area contributed by atoms with Crippen LogP contribution in [0.25, 0.3) is 0 Å². The molecular weight excluding hydrogens is 478 g/mol. The van der Waals surface area contributed by atoms with Crippen LogP contribution < -0.4 is 11.1 Å². The Kier molecular flexibility index (Phi) is 10.5. The quantitative estimate of drug-likeness (QED) is 0.380. The first-order valence-electron chi connectivity index (χ1n) is 13.4. The molecule has 0 aromatic rings. The smallest absolute Gasteiger partial charge is 0.326 e. The van der Waals surface area contributed by atoms with E-state index in [-0.39, 0.29) is 29.6 Å². The van der Waals surface area contributed by atoms with Gasteiger partial charge in [0.25, 0.3) is 0 Å². The van der Waals surface area contributed by atoms with Crippen LogP contribution in [0.4, 0.5) is 0 Å². The average molecular weight is 524 g/mol. The number of nitrogens with zero attached hydrogens (tertiary/aromatic N) is 3. The van der Waals surface area contributed by atoms with E-state index in [1.807, 2.05) is 41.5 Å². The summed E-state index contributed by atoms with van der Waals surface area (Å²) in [4.78, 5) is 69.2. The maximum atomic E-state index is 13.8. The third-order valence-corrected chi connectivity index (χ3v) is 7.54. The first-order chi connectivity index (χ1) is 17.2. The van der Waals surface area contributed by atoms with Gasteiger partial charge in [0.1, 0.15) is 24.2 Å². The van der Waals surface area contributed by atoms with E-state index in [0.717, 1.165) is 0 Å². The Bertz CT molecular complexity index is 876. The highest BCUT2D eigenvalue weighted by atomic mass is 16.4. The Morgan fingerprint density at radius 3 is 1.89 bits per heavy atom. The van der Waals surface area contributed by atoms with Crippen molar-refractivity contribution in [1.29, 1.82) is 0 Å². The number of carboxylic acid groups (broad SMARTS) is 1. The van der Waals surface area contributed by atoms with Gasteiger partial charge in [0.2, 0.25) is 23.6 Å². The molecule has 0 saturated carbocycles. The minimum Gasteiger partial charge on any atom is -0.480 e. The molecule has 4 amide bonds. The number of likely N-dealkylation sites (N-methyl/N-ethyl adjacent to an activating group) is 1. The van der Waals surface area contributed by atoms with Crippen molar-refractivity contribution in [3.63, 3.8) is 0 Å². The minimum atomic E-state index is -1.04. The Hall–Kier alpha value is -2.69. The van der Waals surface area contributed by atoms with E-state index in [9.17, 15) is 29.1 Å². The van der Waals surface area contributed by atoms with Gasteiger partial charge >= 0.3 is 5.97 Å². The van der Waals surface area contributed by atoms with Crippen LogP contribution in [0.1, 0.15) is 67.2 Å². The zero-order chi connectivity index (χ0) is 28.2. The van der Waals surface area contributed by atoms with E-state index in [1.165, 1.54) is 14.7 Å². The molecule has 37 heavy (non-hydrogen) atoms. The van der Waals surface area contributed by atoms with Gasteiger partial charge in [-0.15, -0.1) is 0 Å². The number of aliphatic carboxylic acids is 1. The van der Waals surface area contributed by atoms with Gasteiger partial charge in [-0.1, -0.05) is 41.5 Å². The zero-order valence-electron chi connectivity index (χ0n) is 23.3. The number of hydrogen-bond donors (Lipinski definition) is 3. The summed E-state index contributed by atoms with van der Waals surface area (Å²) in [7, 11) is 1.54. The van der Waals surface area contributed by atoms with Gasteiger partial charge in [0.05, 0.1) is 6.04 Å². The predicted molar refractivity (Wildman–Crippen MR) is 138 cm³/mol. The Balaban J connectivity index is 2.25. The van der Waals surface area contributed by atoms with Crippen LogP contribution in [-0.4, -0.2) is 99.8 Å². The summed E-state index contributed by atoms with van der Waals surface area (Å²) in [6.07, 6.45) is 2.08. The lowest BCUT2D eigenvalue weighted by molar-refractivity contribution is -0.155. The van der Waals surface area contributed by atoms with Gasteiger partial charge in [-0.3, -0.25) is 19.2 Å². The summed E-state index contributed by atoms with van der Waals surface area (Å²) in [6, 6.07) is -4.11. The van der Waals surface area contributed by atoms with E-state index < -0.39 is 48.0 Å². The molecule has 2 saturated heterocycles. The minimum absolute atomic E-state index is 0.105. The highest BCUT2D eigenvalue weighted by Crippen LogP contribution is 2.27. The van der Waals surface area contributed by atoms with Gasteiger partial charge in [0, 0.05) is 20.1 Å². The number of likely N-dealkylation sites (tertiary alicyclic amines) is 2. The molecule has 2 aliphatic rings. The van der Waals surface area contributed by atoms with Crippen molar-refractivity contribution in [1.82, 2.24) is 20.0 Å². The van der Waals surface area contributed by atoms with Crippen molar-refractivity contribution in [2.24, 2.45) is 23.5 Å². The van der Waals surface area contributed by atoms with Crippen molar-refractivity contribution < 1.29 is 29.1 Å². The van der Waals surface area contributed by atoms with Crippen molar-refractivity contribution in [2.45, 2.75) is 97.4 Å². The molecule has 11 heteroatoms. The Morgan fingerprint density at radius 2 is 1.41 bits per heavy atom. The molecule has 4 N–H and O–H groups in total. The van der Waals surface area contributed by atoms with Gasteiger partial charge in [-0.25, -0.2) is 4.79 Å². The molecule has 5 atom stereocenters. The summed E-state index contributed by atoms with van der Waals surface area (Å²) in [5.41, 5.74) is 5.98. The fourth-order valence-electron chi connectivity index (χ4n) is 5.26. The number of rotatable bonds is 10. The van der Waals surface area contributed by atoms with E-state index in [4.69, 9.17) is 5.73 Å². The maximum absolute atomic E-state index is 13.8. The van der Waals surface area contributed by atoms with Crippen LogP contribution in [0.3, 0.4) is 0 Å². The van der Waals surface area contributed by atoms with Crippen LogP contribution in [0.5, 0.6) is 0 Å². The van der Waals surface area contributed by atoms with Crippen LogP contribution in [0.15, 0.2) is 0 Å². The standard InChI is InChI=1S/C26H45N5O6/c1-14(2)19(27)22(32)28-20(15(3)4)24(34)29(7)21(16(5)6)25(35)30-12-8-10-17(30)23(33)31-13-9-11-18(31)26(36)37/h14-21H,8-13,27H2,1-7H3,(H,28,32)(H,36,37)/t17-,18-,19-,20-,21-/m0/s1. The molecule has 0 bridgehead atoms. The number of nitrogens with one attached hydrogen (secondary N) is 1. The number of hydrogen-bond acceptors (Lipinski definition) is 6. The van der Waals surface area contributed by atoms with Gasteiger partial charge in [0.15, 0.2) is 0 Å². The molecule has 2 rings (SSSR count). The average Bonchev–Trinajstić information content (AvgIpc) is 3.50. The van der Waals surface area contributed by atoms with Crippen LogP contribution in [0, 0.1) is 17.8 Å². The topological polar surface area (TPSA) is 153 Å². The lowest BCUT2D eigenvalue weighted by Gasteiger charge is -2.38. The third-order valence-electron chi connectivity index (χ3n) is 7.54. The molecule has 0 unspecified atom stereocenters. The highest BCUT2D eigenvalue weighted by Gasteiger charge is 2.45. The Labute approximate surface area is 220 Å². The number of carboxylic acids is 1. The van der Waals surface area contributed by atoms with Crippen molar-refractivity contribution >= 4 is 29.6 Å². The SMILES string of the molecule is CC(C)[C@H](N)C(=O)N[C@H](C(=O)N(C)[C@H](C(=O)N1CCC[C@H]1C(=O)N1CCC[C@H]1C(=O)O)C(C)C)C(C)C. The lowest BCUT2D eigenvalue weighted by Crippen LogP contribution is -2.61. The highest BCUT2D eigenvalue weighted by molar-refractivity contribution is 5.96. The lowest BCUT2D eigenvalue weighted by atomic mass is 9.96. The monoisotopic (exact) mass is 523 g/mol. The fraction of sp³-hybridized carbons (Fsp3) is 0.808. The molecule has 0 aromatic heterocycles. The number of carbonyl (C=O) groups excluding carboxylic acids is 4. The van der Waals surface area contributed by atoms with Crippen LogP contribution >= 0.6 is 0 Å². The maximum Gasteiger partial charge on any atom is 0.326 e. The Morgan fingerprint density at radius 1 is 0.865 bits per heavy atom. The summed E-state index contributed by atoms with van der Waals surface area (Å²) >= 11 is 0. The summed E-state index contributed by atoms with van der Waals surface area (Å²) in [5.74, 6) is -3.17. The van der Waals surface area contributed by atoms with Crippen molar-refractivity contribution in [3.05, 3.63) is 0 Å². The predicted octanol–water partition coefficient (Wildman–Crippen LogP) is 0.660.